The van der Waals surface area contributed by atoms with Crippen molar-refractivity contribution in [1.29, 1.82) is 0 Å². The summed E-state index contributed by atoms with van der Waals surface area (Å²) in [5, 5.41) is 23.0. The van der Waals surface area contributed by atoms with E-state index in [4.69, 9.17) is 10.2 Å². The molecule has 0 spiro atoms. The van der Waals surface area contributed by atoms with Crippen LogP contribution in [0.5, 0.6) is 0 Å². The molecule has 0 aliphatic heterocycles. The highest BCUT2D eigenvalue weighted by Crippen LogP contribution is 2.32. The van der Waals surface area contributed by atoms with Gasteiger partial charge in [0, 0.05) is 0 Å². The molecule has 0 unspecified atom stereocenters. The average Bonchev–Trinajstić information content (AvgIpc) is 3.66. The van der Waals surface area contributed by atoms with Crippen LogP contribution in [0.4, 0.5) is 5.95 Å². The van der Waals surface area contributed by atoms with Crippen molar-refractivity contribution in [1.82, 2.24) is 34.7 Å². The van der Waals surface area contributed by atoms with E-state index in [1.165, 1.54) is 4.52 Å². The molecule has 0 radical (unpaired) electrons. The first-order chi connectivity index (χ1) is 17.0. The first kappa shape index (κ1) is 21.3. The van der Waals surface area contributed by atoms with Crippen molar-refractivity contribution < 1.29 is 14.3 Å². The predicted molar refractivity (Wildman–Crippen MR) is 127 cm³/mol. The Balaban J connectivity index is 1.53. The molecule has 4 N–H and O–H groups in total. The minimum Gasteiger partial charge on any atom is -0.461 e. The topological polar surface area (TPSA) is 149 Å². The Morgan fingerprint density at radius 3 is 2.71 bits per heavy atom. The SMILES string of the molecule is C[C@@](C(=O)N[C@@H]1CCC[C@@H]1O)(c1ccccc1)n1ncc2c1nc(N)n1nc(-c3ccco3)nc21. The molecule has 3 atom stereocenters. The van der Waals surface area contributed by atoms with Crippen molar-refractivity contribution in [3.05, 3.63) is 60.5 Å². The van der Waals surface area contributed by atoms with Gasteiger partial charge >= 0.3 is 0 Å². The molecule has 35 heavy (non-hydrogen) atoms. The maximum absolute atomic E-state index is 13.8. The van der Waals surface area contributed by atoms with Crippen molar-refractivity contribution in [3.63, 3.8) is 0 Å². The number of rotatable bonds is 5. The summed E-state index contributed by atoms with van der Waals surface area (Å²) in [4.78, 5) is 23.0. The first-order valence-electron chi connectivity index (χ1n) is 11.5. The molecule has 11 heteroatoms. The number of aliphatic hydroxyl groups is 1. The highest BCUT2D eigenvalue weighted by Gasteiger charge is 2.42. The normalized spacial score (nSPS) is 19.8. The quantitative estimate of drug-likeness (QED) is 0.352. The number of amides is 1. The summed E-state index contributed by atoms with van der Waals surface area (Å²) in [6, 6.07) is 12.5. The summed E-state index contributed by atoms with van der Waals surface area (Å²) in [6.07, 6.45) is 4.83. The van der Waals surface area contributed by atoms with Crippen LogP contribution < -0.4 is 11.1 Å². The largest absolute Gasteiger partial charge is 0.461 e. The second-order valence-corrected chi connectivity index (χ2v) is 8.93. The maximum atomic E-state index is 13.8. The zero-order chi connectivity index (χ0) is 24.2. The number of fused-ring (bicyclic) bond motifs is 3. The number of carbonyl (C=O) groups is 1. The van der Waals surface area contributed by atoms with Gasteiger partial charge in [0.2, 0.25) is 11.8 Å². The van der Waals surface area contributed by atoms with Crippen molar-refractivity contribution in [2.24, 2.45) is 0 Å². The van der Waals surface area contributed by atoms with E-state index in [-0.39, 0.29) is 17.9 Å². The third-order valence-corrected chi connectivity index (χ3v) is 6.77. The van der Waals surface area contributed by atoms with E-state index in [0.29, 0.717) is 40.2 Å². The van der Waals surface area contributed by atoms with Gasteiger partial charge in [0.1, 0.15) is 0 Å². The monoisotopic (exact) mass is 472 g/mol. The van der Waals surface area contributed by atoms with Gasteiger partial charge in [0.25, 0.3) is 5.91 Å². The number of nitrogens with one attached hydrogen (secondary N) is 1. The predicted octanol–water partition coefficient (Wildman–Crippen LogP) is 2.11. The summed E-state index contributed by atoms with van der Waals surface area (Å²) >= 11 is 0. The number of hydrogen-bond acceptors (Lipinski definition) is 8. The van der Waals surface area contributed by atoms with Crippen LogP contribution in [0.3, 0.4) is 0 Å². The fourth-order valence-electron chi connectivity index (χ4n) is 4.78. The van der Waals surface area contributed by atoms with Gasteiger partial charge in [-0.15, -0.1) is 5.10 Å². The molecule has 6 rings (SSSR count). The molecular formula is C24H24N8O3. The molecule has 1 amide bonds. The number of anilines is 1. The van der Waals surface area contributed by atoms with Crippen molar-refractivity contribution >= 4 is 28.5 Å². The van der Waals surface area contributed by atoms with Crippen molar-refractivity contribution in [2.45, 2.75) is 43.9 Å². The highest BCUT2D eigenvalue weighted by molar-refractivity contribution is 5.94. The standard InChI is InChI=1S/C24H24N8O3/c1-24(14-7-3-2-4-8-14,22(34)27-16-9-5-10-17(16)33)32-21-15(13-26-32)20-28-19(18-11-6-12-35-18)30-31(20)23(25)29-21/h2-4,6-8,11-13,16-17,33H,5,9-10H2,1H3,(H2,25,29)(H,27,34)/t16-,17+,24+/m1/s1. The lowest BCUT2D eigenvalue weighted by Gasteiger charge is -2.31. The fourth-order valence-corrected chi connectivity index (χ4v) is 4.78. The van der Waals surface area contributed by atoms with Crippen LogP contribution in [0, 0.1) is 0 Å². The molecule has 1 aliphatic carbocycles. The van der Waals surface area contributed by atoms with E-state index in [2.05, 4.69) is 25.5 Å². The summed E-state index contributed by atoms with van der Waals surface area (Å²) < 4.78 is 8.42. The van der Waals surface area contributed by atoms with E-state index in [9.17, 15) is 9.90 Å². The van der Waals surface area contributed by atoms with Crippen LogP contribution in [-0.4, -0.2) is 52.5 Å². The first-order valence-corrected chi connectivity index (χ1v) is 11.5. The molecule has 4 heterocycles. The zero-order valence-electron chi connectivity index (χ0n) is 19.0. The second kappa shape index (κ2) is 7.91. The Morgan fingerprint density at radius 2 is 2.00 bits per heavy atom. The van der Waals surface area contributed by atoms with Crippen LogP contribution in [-0.2, 0) is 10.3 Å². The van der Waals surface area contributed by atoms with Gasteiger partial charge in [-0.25, -0.2) is 9.67 Å². The number of aromatic nitrogens is 6. The molecule has 1 saturated carbocycles. The minimum absolute atomic E-state index is 0.0987. The number of benzene rings is 1. The van der Waals surface area contributed by atoms with E-state index in [0.717, 1.165) is 12.8 Å². The summed E-state index contributed by atoms with van der Waals surface area (Å²) in [7, 11) is 0. The molecule has 11 nitrogen and oxygen atoms in total. The summed E-state index contributed by atoms with van der Waals surface area (Å²) in [5.41, 5.74) is 6.56. The third kappa shape index (κ3) is 3.27. The van der Waals surface area contributed by atoms with Crippen LogP contribution in [0.2, 0.25) is 0 Å². The maximum Gasteiger partial charge on any atom is 0.252 e. The average molecular weight is 473 g/mol. The summed E-state index contributed by atoms with van der Waals surface area (Å²) in [6.45, 7) is 1.78. The van der Waals surface area contributed by atoms with Gasteiger partial charge < -0.3 is 20.6 Å². The number of carbonyl (C=O) groups excluding carboxylic acids is 1. The van der Waals surface area contributed by atoms with Gasteiger partial charge in [-0.1, -0.05) is 30.3 Å². The third-order valence-electron chi connectivity index (χ3n) is 6.77. The number of nitrogens with zero attached hydrogens (tertiary/aromatic N) is 6. The molecule has 1 aliphatic rings. The zero-order valence-corrected chi connectivity index (χ0v) is 19.0. The van der Waals surface area contributed by atoms with E-state index >= 15 is 0 Å². The lowest BCUT2D eigenvalue weighted by molar-refractivity contribution is -0.129. The number of nitrogens with two attached hydrogens (primary N) is 1. The van der Waals surface area contributed by atoms with Gasteiger partial charge in [-0.05, 0) is 43.9 Å². The van der Waals surface area contributed by atoms with E-state index in [1.54, 1.807) is 36.2 Å². The highest BCUT2D eigenvalue weighted by atomic mass is 16.3. The van der Waals surface area contributed by atoms with Gasteiger partial charge in [-0.3, -0.25) is 4.79 Å². The smallest absolute Gasteiger partial charge is 0.252 e. The number of nitrogen functional groups attached to an aromatic ring is 1. The molecule has 5 aromatic rings. The fraction of sp³-hybridized carbons (Fsp3) is 0.292. The molecule has 4 aromatic heterocycles. The Labute approximate surface area is 199 Å². The molecule has 1 aromatic carbocycles. The van der Waals surface area contributed by atoms with Crippen LogP contribution in [0.15, 0.2) is 59.3 Å². The number of furan rings is 1. The van der Waals surface area contributed by atoms with Crippen LogP contribution >= 0.6 is 0 Å². The van der Waals surface area contributed by atoms with Crippen molar-refractivity contribution in [2.75, 3.05) is 5.73 Å². The second-order valence-electron chi connectivity index (χ2n) is 8.93. The molecule has 0 saturated heterocycles. The lowest BCUT2D eigenvalue weighted by atomic mass is 9.90. The lowest BCUT2D eigenvalue weighted by Crippen LogP contribution is -2.52. The van der Waals surface area contributed by atoms with E-state index in [1.807, 2.05) is 30.3 Å². The van der Waals surface area contributed by atoms with Crippen LogP contribution in [0.1, 0.15) is 31.7 Å². The van der Waals surface area contributed by atoms with Crippen LogP contribution in [0.25, 0.3) is 28.3 Å². The van der Waals surface area contributed by atoms with E-state index < -0.39 is 11.6 Å². The summed E-state index contributed by atoms with van der Waals surface area (Å²) in [5.74, 6) is 0.666. The Morgan fingerprint density at radius 1 is 1.17 bits per heavy atom. The number of hydrogen-bond donors (Lipinski definition) is 3. The van der Waals surface area contributed by atoms with Gasteiger partial charge in [0.15, 0.2) is 22.6 Å². The molecule has 178 valence electrons. The minimum atomic E-state index is -1.27. The Kier molecular flexibility index (Phi) is 4.81. The molecule has 1 fully saturated rings. The van der Waals surface area contributed by atoms with Crippen molar-refractivity contribution in [3.8, 4) is 11.6 Å². The Bertz CT molecular complexity index is 1520. The van der Waals surface area contributed by atoms with Gasteiger partial charge in [0.05, 0.1) is 30.0 Å². The number of aliphatic hydroxyl groups excluding tert-OH is 1. The molecular weight excluding hydrogens is 448 g/mol. The Hall–Kier alpha value is -4.25. The van der Waals surface area contributed by atoms with Gasteiger partial charge in [-0.2, -0.15) is 14.6 Å². The molecule has 0 bridgehead atoms.